The molecule has 1 aromatic heterocycles. The van der Waals surface area contributed by atoms with Gasteiger partial charge in [-0.25, -0.2) is 26.4 Å². The lowest BCUT2D eigenvalue weighted by molar-refractivity contribution is 0.256. The van der Waals surface area contributed by atoms with E-state index >= 15 is 0 Å². The maximum atomic E-state index is 12.6. The van der Waals surface area contributed by atoms with E-state index in [4.69, 9.17) is 4.74 Å². The Morgan fingerprint density at radius 3 is 2.32 bits per heavy atom. The molecule has 1 heterocycles. The molecular formula is C15H19N5O6S2. The molecule has 0 aliphatic heterocycles. The van der Waals surface area contributed by atoms with E-state index in [1.807, 2.05) is 0 Å². The largest absolute Gasteiger partial charge is 0.467 e. The molecule has 28 heavy (non-hydrogen) atoms. The highest BCUT2D eigenvalue weighted by Gasteiger charge is 2.27. The molecule has 0 saturated heterocycles. The second kappa shape index (κ2) is 8.48. The van der Waals surface area contributed by atoms with Gasteiger partial charge in [-0.3, -0.25) is 5.32 Å². The summed E-state index contributed by atoms with van der Waals surface area (Å²) in [6, 6.07) is 3.81. The van der Waals surface area contributed by atoms with Gasteiger partial charge in [-0.2, -0.15) is 15.0 Å². The normalized spacial score (nSPS) is 11.7. The lowest BCUT2D eigenvalue weighted by Gasteiger charge is -2.12. The first kappa shape index (κ1) is 21.5. The first-order valence-electron chi connectivity index (χ1n) is 8.01. The molecule has 0 radical (unpaired) electrons. The summed E-state index contributed by atoms with van der Waals surface area (Å²) in [5.41, 5.74) is 0. The molecule has 11 nitrogen and oxygen atoms in total. The third kappa shape index (κ3) is 5.13. The van der Waals surface area contributed by atoms with Gasteiger partial charge in [0.1, 0.15) is 10.7 Å². The molecule has 2 aromatic rings. The fourth-order valence-corrected chi connectivity index (χ4v) is 5.34. The molecule has 0 unspecified atom stereocenters. The zero-order chi connectivity index (χ0) is 20.9. The third-order valence-corrected chi connectivity index (χ3v) is 6.80. The summed E-state index contributed by atoms with van der Waals surface area (Å²) in [5, 5.41) is 2.15. The van der Waals surface area contributed by atoms with Crippen LogP contribution in [0.15, 0.2) is 34.1 Å². The highest BCUT2D eigenvalue weighted by Crippen LogP contribution is 2.22. The smallest absolute Gasteiger partial charge is 0.335 e. The van der Waals surface area contributed by atoms with Crippen LogP contribution in [-0.4, -0.2) is 50.7 Å². The Morgan fingerprint density at radius 2 is 1.71 bits per heavy atom. The SMILES string of the molecule is CCCS(=O)(=O)c1ccccc1S(=O)(=O)NC(=O)Nc1nc(C)nc(OC)n1. The number of anilines is 1. The molecule has 13 heteroatoms. The molecule has 2 rings (SSSR count). The van der Waals surface area contributed by atoms with Gasteiger partial charge in [0.25, 0.3) is 10.0 Å². The Hall–Kier alpha value is -2.80. The molecule has 2 N–H and O–H groups in total. The molecule has 2 amide bonds. The third-order valence-electron chi connectivity index (χ3n) is 3.31. The minimum Gasteiger partial charge on any atom is -0.467 e. The van der Waals surface area contributed by atoms with E-state index in [2.05, 4.69) is 20.3 Å². The van der Waals surface area contributed by atoms with Crippen LogP contribution in [-0.2, 0) is 19.9 Å². The van der Waals surface area contributed by atoms with Gasteiger partial charge in [0.15, 0.2) is 9.84 Å². The van der Waals surface area contributed by atoms with Crippen LogP contribution in [0.1, 0.15) is 19.2 Å². The number of carbonyl (C=O) groups is 1. The van der Waals surface area contributed by atoms with Crippen molar-refractivity contribution in [1.82, 2.24) is 19.7 Å². The van der Waals surface area contributed by atoms with E-state index in [0.29, 0.717) is 6.42 Å². The Labute approximate surface area is 162 Å². The van der Waals surface area contributed by atoms with Crippen LogP contribution >= 0.6 is 0 Å². The average molecular weight is 429 g/mol. The molecule has 0 atom stereocenters. The Balaban J connectivity index is 2.30. The second-order valence-electron chi connectivity index (χ2n) is 5.52. The van der Waals surface area contributed by atoms with Crippen molar-refractivity contribution in [3.8, 4) is 6.01 Å². The fourth-order valence-electron chi connectivity index (χ4n) is 2.22. The number of nitrogens with one attached hydrogen (secondary N) is 2. The van der Waals surface area contributed by atoms with Gasteiger partial charge in [-0.05, 0) is 25.5 Å². The van der Waals surface area contributed by atoms with Crippen molar-refractivity contribution < 1.29 is 26.4 Å². The number of carbonyl (C=O) groups excluding carboxylic acids is 1. The summed E-state index contributed by atoms with van der Waals surface area (Å²) in [4.78, 5) is 22.6. The molecule has 0 saturated carbocycles. The van der Waals surface area contributed by atoms with Crippen molar-refractivity contribution in [3.05, 3.63) is 30.1 Å². The highest BCUT2D eigenvalue weighted by atomic mass is 32.2. The van der Waals surface area contributed by atoms with E-state index in [-0.39, 0.29) is 28.4 Å². The predicted octanol–water partition coefficient (Wildman–Crippen LogP) is 0.883. The van der Waals surface area contributed by atoms with Gasteiger partial charge >= 0.3 is 12.0 Å². The quantitative estimate of drug-likeness (QED) is 0.652. The van der Waals surface area contributed by atoms with Gasteiger partial charge < -0.3 is 4.74 Å². The van der Waals surface area contributed by atoms with Crippen LogP contribution in [0, 0.1) is 6.92 Å². The lowest BCUT2D eigenvalue weighted by atomic mass is 10.4. The van der Waals surface area contributed by atoms with E-state index in [0.717, 1.165) is 6.07 Å². The van der Waals surface area contributed by atoms with Crippen molar-refractivity contribution >= 4 is 31.8 Å². The number of nitrogens with zero attached hydrogens (tertiary/aromatic N) is 3. The van der Waals surface area contributed by atoms with Crippen molar-refractivity contribution in [2.24, 2.45) is 0 Å². The average Bonchev–Trinajstić information content (AvgIpc) is 2.60. The van der Waals surface area contributed by atoms with Crippen LogP contribution in [0.2, 0.25) is 0 Å². The number of aryl methyl sites for hydroxylation is 1. The summed E-state index contributed by atoms with van der Waals surface area (Å²) in [7, 11) is -7.00. The number of methoxy groups -OCH3 is 1. The molecule has 0 aliphatic carbocycles. The number of amides is 2. The van der Waals surface area contributed by atoms with Crippen LogP contribution < -0.4 is 14.8 Å². The number of ether oxygens (including phenoxy) is 1. The maximum Gasteiger partial charge on any atom is 0.335 e. The predicted molar refractivity (Wildman–Crippen MR) is 99.2 cm³/mol. The van der Waals surface area contributed by atoms with Crippen molar-refractivity contribution in [2.75, 3.05) is 18.2 Å². The number of aromatic nitrogens is 3. The highest BCUT2D eigenvalue weighted by molar-refractivity contribution is 7.94. The van der Waals surface area contributed by atoms with Gasteiger partial charge in [-0.1, -0.05) is 19.1 Å². The number of rotatable bonds is 7. The molecule has 0 fully saturated rings. The minimum absolute atomic E-state index is 0.0679. The molecule has 0 spiro atoms. The lowest BCUT2D eigenvalue weighted by Crippen LogP contribution is -2.35. The number of hydrogen-bond donors (Lipinski definition) is 2. The van der Waals surface area contributed by atoms with Crippen molar-refractivity contribution in [1.29, 1.82) is 0 Å². The van der Waals surface area contributed by atoms with E-state index in [1.165, 1.54) is 32.2 Å². The minimum atomic E-state index is -4.48. The van der Waals surface area contributed by atoms with Gasteiger partial charge in [0.05, 0.1) is 17.8 Å². The summed E-state index contributed by atoms with van der Waals surface area (Å²) < 4.78 is 56.5. The molecular weight excluding hydrogens is 410 g/mol. The van der Waals surface area contributed by atoms with E-state index in [9.17, 15) is 21.6 Å². The van der Waals surface area contributed by atoms with E-state index in [1.54, 1.807) is 11.6 Å². The first-order valence-corrected chi connectivity index (χ1v) is 11.1. The zero-order valence-electron chi connectivity index (χ0n) is 15.3. The molecule has 0 bridgehead atoms. The molecule has 0 aliphatic rings. The monoisotopic (exact) mass is 429 g/mol. The maximum absolute atomic E-state index is 12.6. The van der Waals surface area contributed by atoms with Gasteiger partial charge in [0, 0.05) is 0 Å². The number of sulfone groups is 1. The first-order chi connectivity index (χ1) is 13.1. The van der Waals surface area contributed by atoms with Gasteiger partial charge in [-0.15, -0.1) is 0 Å². The van der Waals surface area contributed by atoms with Gasteiger partial charge in [0.2, 0.25) is 5.95 Å². The van der Waals surface area contributed by atoms with Crippen molar-refractivity contribution in [3.63, 3.8) is 0 Å². The standard InChI is InChI=1S/C15H19N5O6S2/c1-4-9-27(22,23)11-7-5-6-8-12(11)28(24,25)20-14(21)18-13-16-10(2)17-15(19-13)26-3/h5-8H,4,9H2,1-3H3,(H2,16,17,18,19,20,21). The molecule has 1 aromatic carbocycles. The number of benzene rings is 1. The summed E-state index contributed by atoms with van der Waals surface area (Å²) in [6.45, 7) is 3.18. The van der Waals surface area contributed by atoms with Crippen LogP contribution in [0.4, 0.5) is 10.7 Å². The van der Waals surface area contributed by atoms with Crippen LogP contribution in [0.25, 0.3) is 0 Å². The Bertz CT molecular complexity index is 1090. The van der Waals surface area contributed by atoms with Crippen molar-refractivity contribution in [2.45, 2.75) is 30.1 Å². The number of urea groups is 1. The topological polar surface area (TPSA) is 157 Å². The fraction of sp³-hybridized carbons (Fsp3) is 0.333. The molecule has 152 valence electrons. The Kier molecular flexibility index (Phi) is 6.51. The van der Waals surface area contributed by atoms with E-state index < -0.39 is 30.8 Å². The summed E-state index contributed by atoms with van der Waals surface area (Å²) in [6.07, 6.45) is 0.311. The van der Waals surface area contributed by atoms with Crippen LogP contribution in [0.3, 0.4) is 0 Å². The summed E-state index contributed by atoms with van der Waals surface area (Å²) in [5.74, 6) is -0.222. The zero-order valence-corrected chi connectivity index (χ0v) is 17.0. The summed E-state index contributed by atoms with van der Waals surface area (Å²) >= 11 is 0. The second-order valence-corrected chi connectivity index (χ2v) is 9.25. The van der Waals surface area contributed by atoms with Crippen LogP contribution in [0.5, 0.6) is 6.01 Å². The Morgan fingerprint density at radius 1 is 1.07 bits per heavy atom. The number of sulfonamides is 1. The number of hydrogen-bond acceptors (Lipinski definition) is 9.